The maximum absolute atomic E-state index is 12.3. The van der Waals surface area contributed by atoms with E-state index in [1.807, 2.05) is 24.3 Å². The number of nitro groups is 1. The second kappa shape index (κ2) is 7.24. The van der Waals surface area contributed by atoms with Gasteiger partial charge in [0.15, 0.2) is 5.58 Å². The van der Waals surface area contributed by atoms with Gasteiger partial charge in [0.1, 0.15) is 5.52 Å². The van der Waals surface area contributed by atoms with E-state index in [0.29, 0.717) is 22.7 Å². The molecular formula is C20H15N3O4S. The first kappa shape index (κ1) is 17.9. The van der Waals surface area contributed by atoms with E-state index in [4.69, 9.17) is 4.42 Å². The van der Waals surface area contributed by atoms with Gasteiger partial charge in [-0.15, -0.1) is 0 Å². The van der Waals surface area contributed by atoms with Crippen LogP contribution in [0.15, 0.2) is 59.0 Å². The highest BCUT2D eigenvalue weighted by Crippen LogP contribution is 2.28. The van der Waals surface area contributed by atoms with Crippen LogP contribution in [-0.4, -0.2) is 15.8 Å². The monoisotopic (exact) mass is 393 g/mol. The first-order valence-corrected chi connectivity index (χ1v) is 9.40. The Labute approximate surface area is 163 Å². The summed E-state index contributed by atoms with van der Waals surface area (Å²) in [4.78, 5) is 27.3. The van der Waals surface area contributed by atoms with E-state index in [1.54, 1.807) is 18.2 Å². The van der Waals surface area contributed by atoms with Crippen LogP contribution in [0.2, 0.25) is 0 Å². The number of hydrogen-bond acceptors (Lipinski definition) is 6. The SMILES string of the molecule is CCc1ccc(-c2nc3cc(NC(=O)c4ccc([N+](=O)[O-])s4)ccc3o2)cc1. The third-order valence-electron chi connectivity index (χ3n) is 4.25. The zero-order valence-electron chi connectivity index (χ0n) is 14.8. The minimum atomic E-state index is -0.516. The Hall–Kier alpha value is -3.52. The molecule has 28 heavy (non-hydrogen) atoms. The number of rotatable bonds is 5. The van der Waals surface area contributed by atoms with Crippen molar-refractivity contribution >= 4 is 39.0 Å². The molecule has 0 saturated carbocycles. The molecule has 1 N–H and O–H groups in total. The van der Waals surface area contributed by atoms with Crippen LogP contribution >= 0.6 is 11.3 Å². The second-order valence-electron chi connectivity index (χ2n) is 6.10. The minimum Gasteiger partial charge on any atom is -0.436 e. The number of thiophene rings is 1. The number of amides is 1. The first-order valence-electron chi connectivity index (χ1n) is 8.59. The Morgan fingerprint density at radius 3 is 2.64 bits per heavy atom. The van der Waals surface area contributed by atoms with Gasteiger partial charge in [0.2, 0.25) is 5.89 Å². The van der Waals surface area contributed by atoms with Gasteiger partial charge in [-0.25, -0.2) is 4.98 Å². The number of anilines is 1. The number of aryl methyl sites for hydroxylation is 1. The molecule has 4 rings (SSSR count). The summed E-state index contributed by atoms with van der Waals surface area (Å²) >= 11 is 0.831. The van der Waals surface area contributed by atoms with Crippen LogP contribution in [0.5, 0.6) is 0 Å². The van der Waals surface area contributed by atoms with Gasteiger partial charge in [-0.05, 0) is 48.4 Å². The molecule has 0 spiro atoms. The third-order valence-corrected chi connectivity index (χ3v) is 5.29. The quantitative estimate of drug-likeness (QED) is 0.367. The van der Waals surface area contributed by atoms with Crippen LogP contribution in [-0.2, 0) is 6.42 Å². The lowest BCUT2D eigenvalue weighted by atomic mass is 10.1. The number of hydrogen-bond donors (Lipinski definition) is 1. The van der Waals surface area contributed by atoms with Crippen molar-refractivity contribution in [3.63, 3.8) is 0 Å². The predicted octanol–water partition coefficient (Wildman–Crippen LogP) is 5.28. The van der Waals surface area contributed by atoms with Crippen molar-refractivity contribution in [3.05, 3.63) is 75.2 Å². The summed E-state index contributed by atoms with van der Waals surface area (Å²) in [5, 5.41) is 13.4. The first-order chi connectivity index (χ1) is 13.5. The summed E-state index contributed by atoms with van der Waals surface area (Å²) < 4.78 is 5.81. The standard InChI is InChI=1S/C20H15N3O4S/c1-2-12-3-5-13(6-4-12)20-22-15-11-14(7-8-16(15)27-20)21-19(24)17-9-10-18(28-17)23(25)26/h3-11H,2H2,1H3,(H,21,24). The van der Waals surface area contributed by atoms with E-state index in [2.05, 4.69) is 17.2 Å². The summed E-state index contributed by atoms with van der Waals surface area (Å²) in [7, 11) is 0. The zero-order chi connectivity index (χ0) is 19.7. The average Bonchev–Trinajstić information content (AvgIpc) is 3.35. The number of oxazole rings is 1. The molecule has 8 heteroatoms. The molecule has 1 amide bonds. The molecule has 2 aromatic carbocycles. The number of carbonyl (C=O) groups excluding carboxylic acids is 1. The molecule has 4 aromatic rings. The highest BCUT2D eigenvalue weighted by molar-refractivity contribution is 7.17. The highest BCUT2D eigenvalue weighted by atomic mass is 32.1. The lowest BCUT2D eigenvalue weighted by Gasteiger charge is -2.02. The molecule has 0 atom stereocenters. The summed E-state index contributed by atoms with van der Waals surface area (Å²) in [6.07, 6.45) is 0.963. The normalized spacial score (nSPS) is 10.9. The molecule has 0 saturated heterocycles. The number of benzene rings is 2. The molecule has 0 aliphatic heterocycles. The predicted molar refractivity (Wildman–Crippen MR) is 108 cm³/mol. The van der Waals surface area contributed by atoms with Crippen LogP contribution in [0.4, 0.5) is 10.7 Å². The molecule has 2 aromatic heterocycles. The van der Waals surface area contributed by atoms with Crippen LogP contribution in [0.1, 0.15) is 22.2 Å². The van der Waals surface area contributed by atoms with Crippen molar-refractivity contribution in [1.29, 1.82) is 0 Å². The van der Waals surface area contributed by atoms with E-state index in [0.717, 1.165) is 23.3 Å². The van der Waals surface area contributed by atoms with Gasteiger partial charge in [-0.1, -0.05) is 30.4 Å². The van der Waals surface area contributed by atoms with E-state index in [1.165, 1.54) is 17.7 Å². The summed E-state index contributed by atoms with van der Waals surface area (Å²) in [5.74, 6) is 0.103. The Morgan fingerprint density at radius 1 is 1.18 bits per heavy atom. The van der Waals surface area contributed by atoms with Crippen molar-refractivity contribution in [1.82, 2.24) is 4.98 Å². The molecule has 140 valence electrons. The molecule has 0 radical (unpaired) electrons. The fourth-order valence-electron chi connectivity index (χ4n) is 2.75. The van der Waals surface area contributed by atoms with Crippen molar-refractivity contribution in [2.75, 3.05) is 5.32 Å². The maximum Gasteiger partial charge on any atom is 0.324 e. The van der Waals surface area contributed by atoms with E-state index >= 15 is 0 Å². The molecule has 0 unspecified atom stereocenters. The number of aromatic nitrogens is 1. The fraction of sp³-hybridized carbons (Fsp3) is 0.100. The van der Waals surface area contributed by atoms with E-state index in [9.17, 15) is 14.9 Å². The van der Waals surface area contributed by atoms with Crippen molar-refractivity contribution in [2.24, 2.45) is 0 Å². The van der Waals surface area contributed by atoms with Gasteiger partial charge in [-0.2, -0.15) is 0 Å². The van der Waals surface area contributed by atoms with Crippen molar-refractivity contribution in [2.45, 2.75) is 13.3 Å². The average molecular weight is 393 g/mol. The topological polar surface area (TPSA) is 98.3 Å². The van der Waals surface area contributed by atoms with E-state index < -0.39 is 10.8 Å². The lowest BCUT2D eigenvalue weighted by Crippen LogP contribution is -2.09. The molecule has 7 nitrogen and oxygen atoms in total. The Kier molecular flexibility index (Phi) is 4.62. The van der Waals surface area contributed by atoms with Crippen LogP contribution in [0.3, 0.4) is 0 Å². The van der Waals surface area contributed by atoms with Gasteiger partial charge in [0, 0.05) is 17.3 Å². The Balaban J connectivity index is 1.57. The van der Waals surface area contributed by atoms with Gasteiger partial charge in [0.05, 0.1) is 9.80 Å². The summed E-state index contributed by atoms with van der Waals surface area (Å²) in [6, 6.07) is 15.9. The zero-order valence-corrected chi connectivity index (χ0v) is 15.7. The Morgan fingerprint density at radius 2 is 1.96 bits per heavy atom. The van der Waals surface area contributed by atoms with Gasteiger partial charge < -0.3 is 9.73 Å². The molecule has 0 aliphatic rings. The lowest BCUT2D eigenvalue weighted by molar-refractivity contribution is -0.380. The number of fused-ring (bicyclic) bond motifs is 1. The van der Waals surface area contributed by atoms with Gasteiger partial charge >= 0.3 is 5.00 Å². The summed E-state index contributed by atoms with van der Waals surface area (Å²) in [6.45, 7) is 2.10. The van der Waals surface area contributed by atoms with Crippen LogP contribution < -0.4 is 5.32 Å². The van der Waals surface area contributed by atoms with Crippen molar-refractivity contribution in [3.8, 4) is 11.5 Å². The second-order valence-corrected chi connectivity index (χ2v) is 7.16. The molecule has 0 fully saturated rings. The molecule has 2 heterocycles. The van der Waals surface area contributed by atoms with Crippen LogP contribution in [0.25, 0.3) is 22.6 Å². The smallest absolute Gasteiger partial charge is 0.324 e. The molecular weight excluding hydrogens is 378 g/mol. The maximum atomic E-state index is 12.3. The minimum absolute atomic E-state index is 0.0733. The third kappa shape index (κ3) is 3.49. The van der Waals surface area contributed by atoms with E-state index in [-0.39, 0.29) is 9.88 Å². The summed E-state index contributed by atoms with van der Waals surface area (Å²) in [5.41, 5.74) is 3.88. The van der Waals surface area contributed by atoms with Gasteiger partial charge in [0.25, 0.3) is 5.91 Å². The molecule has 0 bridgehead atoms. The largest absolute Gasteiger partial charge is 0.436 e. The number of nitrogens with one attached hydrogen (secondary N) is 1. The van der Waals surface area contributed by atoms with Gasteiger partial charge in [-0.3, -0.25) is 14.9 Å². The fourth-order valence-corrected chi connectivity index (χ4v) is 3.47. The Bertz CT molecular complexity index is 1180. The number of carbonyl (C=O) groups is 1. The highest BCUT2D eigenvalue weighted by Gasteiger charge is 2.16. The molecule has 0 aliphatic carbocycles. The van der Waals surface area contributed by atoms with Crippen LogP contribution in [0, 0.1) is 10.1 Å². The van der Waals surface area contributed by atoms with Crippen molar-refractivity contribution < 1.29 is 14.1 Å². The number of nitrogens with zero attached hydrogens (tertiary/aromatic N) is 2.